The minimum absolute atomic E-state index is 0.0227. The number of hydrogen-bond donors (Lipinski definition) is 9. The maximum atomic E-state index is 14.1. The number of nitro groups is 1. The zero-order chi connectivity index (χ0) is 45.4. The average Bonchev–Trinajstić information content (AvgIpc) is 3.61. The van der Waals surface area contributed by atoms with Crippen molar-refractivity contribution < 1.29 is 48.3 Å². The van der Waals surface area contributed by atoms with Crippen LogP contribution in [0.25, 0.3) is 10.9 Å². The van der Waals surface area contributed by atoms with Crippen molar-refractivity contribution in [2.75, 3.05) is 11.9 Å². The number of fused-ring (bicyclic) bond motifs is 1. The molecule has 3 aromatic carbocycles. The largest absolute Gasteiger partial charge is 0.481 e. The fraction of sp³-hybridized carbons (Fsp3) is 0.357. The van der Waals surface area contributed by atoms with E-state index in [1.165, 1.54) is 24.3 Å². The standard InChI is InChI=1S/C42H51N9O11/c1-42(2,3)62-41(59)50-32(22-26-24-45-28-16-8-7-15-27(26)28)38(56)46-30(18-11-12-20-44-40(58)49-29-17-9-10-19-34(29)51(60)61)37(55)48-33(23-35(52)53)39(57)47-31(36(43)54)21-25-13-5-4-6-14-25/h4-10,13-17,19,24,30-33,45H,11-12,18,20-23H2,1-3H3,(H2,43,54)(H,46,56)(H,47,57)(H,48,55)(H,50,59)(H,52,53)(H2,44,49,58)/t30-,31-,32-,33-/m0/s1. The highest BCUT2D eigenvalue weighted by Crippen LogP contribution is 2.23. The summed E-state index contributed by atoms with van der Waals surface area (Å²) < 4.78 is 5.42. The molecule has 20 heteroatoms. The van der Waals surface area contributed by atoms with Gasteiger partial charge in [0.25, 0.3) is 5.69 Å². The van der Waals surface area contributed by atoms with Crippen molar-refractivity contribution in [2.24, 2.45) is 5.73 Å². The lowest BCUT2D eigenvalue weighted by Gasteiger charge is -2.27. The molecule has 4 aromatic rings. The predicted molar refractivity (Wildman–Crippen MR) is 227 cm³/mol. The number of para-hydroxylation sites is 3. The zero-order valence-electron chi connectivity index (χ0n) is 34.4. The third-order valence-electron chi connectivity index (χ3n) is 9.25. The van der Waals surface area contributed by atoms with Crippen LogP contribution in [0.4, 0.5) is 21.0 Å². The number of ether oxygens (including phenoxy) is 1. The summed E-state index contributed by atoms with van der Waals surface area (Å²) in [7, 11) is 0. The van der Waals surface area contributed by atoms with Crippen molar-refractivity contribution in [3.8, 4) is 0 Å². The maximum absolute atomic E-state index is 14.1. The molecule has 1 aromatic heterocycles. The van der Waals surface area contributed by atoms with Crippen LogP contribution in [0.1, 0.15) is 57.6 Å². The molecule has 0 aliphatic heterocycles. The van der Waals surface area contributed by atoms with E-state index in [9.17, 15) is 48.8 Å². The summed E-state index contributed by atoms with van der Waals surface area (Å²) in [5.74, 6) is -5.18. The molecular weight excluding hydrogens is 807 g/mol. The summed E-state index contributed by atoms with van der Waals surface area (Å²) in [4.78, 5) is 105. The minimum atomic E-state index is -1.73. The smallest absolute Gasteiger partial charge is 0.408 e. The monoisotopic (exact) mass is 857 g/mol. The van der Waals surface area contributed by atoms with Crippen molar-refractivity contribution in [3.05, 3.63) is 106 Å². The highest BCUT2D eigenvalue weighted by atomic mass is 16.6. The van der Waals surface area contributed by atoms with Crippen LogP contribution in [0.15, 0.2) is 85.1 Å². The van der Waals surface area contributed by atoms with Crippen LogP contribution in [-0.4, -0.2) is 93.0 Å². The third-order valence-corrected chi connectivity index (χ3v) is 9.25. The summed E-state index contributed by atoms with van der Waals surface area (Å²) in [6, 6.07) is 14.9. The molecular formula is C42H51N9O11. The molecule has 1 heterocycles. The summed E-state index contributed by atoms with van der Waals surface area (Å²) >= 11 is 0. The van der Waals surface area contributed by atoms with Gasteiger partial charge < -0.3 is 52.5 Å². The Morgan fingerprint density at radius 2 is 1.39 bits per heavy atom. The summed E-state index contributed by atoms with van der Waals surface area (Å²) in [5.41, 5.74) is 6.37. The van der Waals surface area contributed by atoms with E-state index in [4.69, 9.17) is 10.5 Å². The van der Waals surface area contributed by atoms with E-state index in [2.05, 4.69) is 36.9 Å². The predicted octanol–water partition coefficient (Wildman–Crippen LogP) is 3.16. The average molecular weight is 858 g/mol. The number of anilines is 1. The number of H-pyrrole nitrogens is 1. The Balaban J connectivity index is 1.54. The molecule has 330 valence electrons. The topological polar surface area (TPSA) is 306 Å². The number of unbranched alkanes of at least 4 members (excludes halogenated alkanes) is 1. The van der Waals surface area contributed by atoms with Crippen molar-refractivity contribution in [1.82, 2.24) is 31.6 Å². The number of aliphatic carboxylic acids is 1. The van der Waals surface area contributed by atoms with Crippen LogP contribution in [0.2, 0.25) is 0 Å². The third kappa shape index (κ3) is 14.9. The van der Waals surface area contributed by atoms with Gasteiger partial charge in [0, 0.05) is 42.6 Å². The van der Waals surface area contributed by atoms with Crippen LogP contribution >= 0.6 is 0 Å². The maximum Gasteiger partial charge on any atom is 0.408 e. The number of nitrogens with zero attached hydrogens (tertiary/aromatic N) is 1. The van der Waals surface area contributed by atoms with Crippen LogP contribution < -0.4 is 37.6 Å². The van der Waals surface area contributed by atoms with E-state index in [-0.39, 0.29) is 50.0 Å². The Hall–Kier alpha value is -7.51. The van der Waals surface area contributed by atoms with Gasteiger partial charge in [-0.3, -0.25) is 34.1 Å². The molecule has 4 atom stereocenters. The number of nitrogens with one attached hydrogen (secondary N) is 7. The molecule has 0 aliphatic carbocycles. The number of aromatic nitrogens is 1. The fourth-order valence-corrected chi connectivity index (χ4v) is 6.30. The number of benzene rings is 3. The number of alkyl carbamates (subject to hydrolysis) is 1. The molecule has 0 aliphatic rings. The number of rotatable bonds is 21. The zero-order valence-corrected chi connectivity index (χ0v) is 34.4. The highest BCUT2D eigenvalue weighted by Gasteiger charge is 2.33. The molecule has 0 saturated carbocycles. The van der Waals surface area contributed by atoms with E-state index in [1.54, 1.807) is 63.4 Å². The van der Waals surface area contributed by atoms with Gasteiger partial charge in [-0.05, 0) is 63.3 Å². The van der Waals surface area contributed by atoms with Crippen molar-refractivity contribution in [3.63, 3.8) is 0 Å². The number of carbonyl (C=O) groups is 7. The van der Waals surface area contributed by atoms with Crippen LogP contribution in [0.3, 0.4) is 0 Å². The molecule has 0 spiro atoms. The number of carboxylic acid groups (broad SMARTS) is 1. The molecule has 7 amide bonds. The molecule has 0 radical (unpaired) electrons. The lowest BCUT2D eigenvalue weighted by atomic mass is 10.0. The molecule has 20 nitrogen and oxygen atoms in total. The summed E-state index contributed by atoms with van der Waals surface area (Å²) in [6.07, 6.45) is 0.0460. The van der Waals surface area contributed by atoms with Gasteiger partial charge in [-0.2, -0.15) is 0 Å². The van der Waals surface area contributed by atoms with Gasteiger partial charge in [0.15, 0.2) is 0 Å². The first-order valence-corrected chi connectivity index (χ1v) is 19.7. The molecule has 0 saturated heterocycles. The van der Waals surface area contributed by atoms with Gasteiger partial charge in [-0.25, -0.2) is 9.59 Å². The molecule has 0 fully saturated rings. The lowest BCUT2D eigenvalue weighted by molar-refractivity contribution is -0.383. The van der Waals surface area contributed by atoms with Gasteiger partial charge in [-0.15, -0.1) is 0 Å². The number of nitro benzene ring substituents is 1. The van der Waals surface area contributed by atoms with Gasteiger partial charge in [0.05, 0.1) is 11.3 Å². The van der Waals surface area contributed by atoms with Crippen molar-refractivity contribution in [2.45, 2.75) is 89.1 Å². The van der Waals surface area contributed by atoms with Crippen molar-refractivity contribution in [1.29, 1.82) is 0 Å². The Morgan fingerprint density at radius 3 is 2.06 bits per heavy atom. The highest BCUT2D eigenvalue weighted by molar-refractivity contribution is 5.97. The Labute approximate surface area is 356 Å². The van der Waals surface area contributed by atoms with E-state index in [0.717, 1.165) is 10.9 Å². The van der Waals surface area contributed by atoms with Gasteiger partial charge in [0.1, 0.15) is 35.5 Å². The fourth-order valence-electron chi connectivity index (χ4n) is 6.30. The normalized spacial score (nSPS) is 13.0. The first kappa shape index (κ1) is 47.2. The number of amides is 7. The first-order valence-electron chi connectivity index (χ1n) is 19.7. The second-order valence-corrected chi connectivity index (χ2v) is 15.3. The number of urea groups is 1. The molecule has 4 rings (SSSR count). The molecule has 0 bridgehead atoms. The first-order chi connectivity index (χ1) is 29.4. The molecule has 62 heavy (non-hydrogen) atoms. The second-order valence-electron chi connectivity index (χ2n) is 15.3. The Morgan fingerprint density at radius 1 is 0.774 bits per heavy atom. The molecule has 10 N–H and O–H groups in total. The van der Waals surface area contributed by atoms with E-state index >= 15 is 0 Å². The summed E-state index contributed by atoms with van der Waals surface area (Å²) in [5, 5.41) is 36.8. The van der Waals surface area contributed by atoms with Gasteiger partial charge in [0.2, 0.25) is 23.6 Å². The molecule has 0 unspecified atom stereocenters. The number of carboxylic acids is 1. The van der Waals surface area contributed by atoms with E-state index in [1.807, 2.05) is 18.2 Å². The van der Waals surface area contributed by atoms with E-state index < -0.39 is 82.8 Å². The number of primary amides is 1. The SMILES string of the molecule is CC(C)(C)OC(=O)N[C@@H](Cc1c[nH]c2ccccc12)C(=O)N[C@@H](CCCCNC(=O)Nc1ccccc1[N+](=O)[O-])C(=O)N[C@@H](CC(=O)O)C(=O)N[C@@H](Cc1ccccc1)C(N)=O. The van der Waals surface area contributed by atoms with E-state index in [0.29, 0.717) is 11.1 Å². The second kappa shape index (κ2) is 22.2. The van der Waals surface area contributed by atoms with Crippen molar-refractivity contribution >= 4 is 64.0 Å². The number of nitrogens with two attached hydrogens (primary N) is 1. The Kier molecular flexibility index (Phi) is 16.9. The number of hydrogen-bond acceptors (Lipinski definition) is 10. The van der Waals surface area contributed by atoms with Crippen LogP contribution in [0.5, 0.6) is 0 Å². The Bertz CT molecular complexity index is 2240. The number of carbonyl (C=O) groups excluding carboxylic acids is 6. The lowest BCUT2D eigenvalue weighted by Crippen LogP contribution is -2.59. The van der Waals surface area contributed by atoms with Gasteiger partial charge >= 0.3 is 18.1 Å². The summed E-state index contributed by atoms with van der Waals surface area (Å²) in [6.45, 7) is 4.95. The van der Waals surface area contributed by atoms with Gasteiger partial charge in [-0.1, -0.05) is 60.7 Å². The number of aromatic amines is 1. The van der Waals surface area contributed by atoms with Crippen LogP contribution in [0, 0.1) is 10.1 Å². The van der Waals surface area contributed by atoms with Crippen LogP contribution in [-0.2, 0) is 41.6 Å². The minimum Gasteiger partial charge on any atom is -0.481 e. The quantitative estimate of drug-likeness (QED) is 0.0333.